The van der Waals surface area contributed by atoms with Gasteiger partial charge in [0.1, 0.15) is 5.69 Å². The second-order valence-electron chi connectivity index (χ2n) is 4.07. The summed E-state index contributed by atoms with van der Waals surface area (Å²) in [7, 11) is 0. The molecule has 3 heterocycles. The van der Waals surface area contributed by atoms with Crippen LogP contribution in [0.2, 0.25) is 0 Å². The van der Waals surface area contributed by atoms with Crippen LogP contribution in [0, 0.1) is 6.92 Å². The van der Waals surface area contributed by atoms with Gasteiger partial charge in [0.2, 0.25) is 11.7 Å². The molecular weight excluding hydrogens is 262 g/mol. The zero-order chi connectivity index (χ0) is 13.4. The molecule has 0 saturated carbocycles. The molecule has 0 fully saturated rings. The number of aryl methyl sites for hydroxylation is 1. The maximum Gasteiger partial charge on any atom is 0.234 e. The predicted octanol–water partition coefficient (Wildman–Crippen LogP) is 2.12. The first-order valence-corrected chi connectivity index (χ1v) is 6.50. The number of hydrogen-bond donors (Lipinski definition) is 1. The summed E-state index contributed by atoms with van der Waals surface area (Å²) in [6.45, 7) is 3.36. The van der Waals surface area contributed by atoms with Crippen molar-refractivity contribution >= 4 is 28.2 Å². The number of aromatic nitrogens is 4. The number of anilines is 1. The van der Waals surface area contributed by atoms with Gasteiger partial charge in [0.25, 0.3) is 0 Å². The molecule has 3 rings (SSSR count). The number of nitrogens with zero attached hydrogens (tertiary/aromatic N) is 4. The highest BCUT2D eigenvalue weighted by Gasteiger charge is 2.13. The van der Waals surface area contributed by atoms with Crippen LogP contribution in [0.15, 0.2) is 24.7 Å². The zero-order valence-corrected chi connectivity index (χ0v) is 11.2. The topological polar surface area (TPSA) is 72.2 Å². The third-order valence-corrected chi connectivity index (χ3v) is 3.64. The van der Waals surface area contributed by atoms with Gasteiger partial charge in [-0.3, -0.25) is 9.20 Å². The summed E-state index contributed by atoms with van der Waals surface area (Å²) in [5, 5.41) is 3.28. The predicted molar refractivity (Wildman–Crippen MR) is 73.1 cm³/mol. The van der Waals surface area contributed by atoms with E-state index in [2.05, 4.69) is 20.3 Å². The molecule has 0 atom stereocenters. The Labute approximate surface area is 113 Å². The van der Waals surface area contributed by atoms with Crippen molar-refractivity contribution in [2.24, 2.45) is 0 Å². The SMILES string of the molecule is CC(=O)Nc1nc(C)c(-c2cn3cccnc3n2)s1. The number of nitrogens with one attached hydrogen (secondary N) is 1. The lowest BCUT2D eigenvalue weighted by atomic mass is 10.3. The van der Waals surface area contributed by atoms with E-state index in [4.69, 9.17) is 0 Å². The van der Waals surface area contributed by atoms with E-state index in [0.29, 0.717) is 10.9 Å². The molecule has 3 aromatic rings. The normalized spacial score (nSPS) is 10.8. The van der Waals surface area contributed by atoms with Crippen molar-refractivity contribution < 1.29 is 4.79 Å². The summed E-state index contributed by atoms with van der Waals surface area (Å²) in [5.41, 5.74) is 1.66. The van der Waals surface area contributed by atoms with Crippen LogP contribution in [0.1, 0.15) is 12.6 Å². The number of carbonyl (C=O) groups is 1. The van der Waals surface area contributed by atoms with Crippen molar-refractivity contribution in [1.82, 2.24) is 19.4 Å². The molecule has 0 aliphatic heterocycles. The zero-order valence-electron chi connectivity index (χ0n) is 10.4. The van der Waals surface area contributed by atoms with Crippen LogP contribution < -0.4 is 5.32 Å². The lowest BCUT2D eigenvalue weighted by Gasteiger charge is -1.92. The molecule has 0 spiro atoms. The largest absolute Gasteiger partial charge is 0.302 e. The molecule has 0 unspecified atom stereocenters. The van der Waals surface area contributed by atoms with Crippen LogP contribution in [0.4, 0.5) is 5.13 Å². The molecule has 0 aliphatic rings. The Morgan fingerprint density at radius 2 is 2.26 bits per heavy atom. The van der Waals surface area contributed by atoms with Crippen molar-refractivity contribution in [2.75, 3.05) is 5.32 Å². The summed E-state index contributed by atoms with van der Waals surface area (Å²) in [4.78, 5) is 24.9. The minimum atomic E-state index is -0.128. The molecule has 96 valence electrons. The van der Waals surface area contributed by atoms with E-state index >= 15 is 0 Å². The molecule has 0 bridgehead atoms. The highest BCUT2D eigenvalue weighted by molar-refractivity contribution is 7.19. The van der Waals surface area contributed by atoms with E-state index < -0.39 is 0 Å². The van der Waals surface area contributed by atoms with Crippen LogP contribution in [-0.2, 0) is 4.79 Å². The molecule has 0 aromatic carbocycles. The fourth-order valence-electron chi connectivity index (χ4n) is 1.78. The molecule has 3 aromatic heterocycles. The van der Waals surface area contributed by atoms with E-state index in [1.54, 1.807) is 6.20 Å². The van der Waals surface area contributed by atoms with E-state index in [9.17, 15) is 4.79 Å². The minimum absolute atomic E-state index is 0.128. The first kappa shape index (κ1) is 11.8. The van der Waals surface area contributed by atoms with Crippen molar-refractivity contribution in [3.63, 3.8) is 0 Å². The second kappa shape index (κ2) is 4.43. The number of fused-ring (bicyclic) bond motifs is 1. The summed E-state index contributed by atoms with van der Waals surface area (Å²) in [6, 6.07) is 1.85. The molecule has 6 nitrogen and oxygen atoms in total. The number of thiazole rings is 1. The number of hydrogen-bond acceptors (Lipinski definition) is 5. The first-order chi connectivity index (χ1) is 9.13. The summed E-state index contributed by atoms with van der Waals surface area (Å²) >= 11 is 1.41. The van der Waals surface area contributed by atoms with Crippen molar-refractivity contribution in [3.8, 4) is 10.6 Å². The minimum Gasteiger partial charge on any atom is -0.302 e. The van der Waals surface area contributed by atoms with Gasteiger partial charge in [0, 0.05) is 25.5 Å². The number of rotatable bonds is 2. The Bertz CT molecular complexity index is 727. The highest BCUT2D eigenvalue weighted by Crippen LogP contribution is 2.31. The quantitative estimate of drug-likeness (QED) is 0.776. The Morgan fingerprint density at radius 3 is 3.00 bits per heavy atom. The van der Waals surface area contributed by atoms with Crippen LogP contribution in [-0.4, -0.2) is 25.3 Å². The second-order valence-corrected chi connectivity index (χ2v) is 5.07. The lowest BCUT2D eigenvalue weighted by Crippen LogP contribution is -2.04. The molecule has 7 heteroatoms. The summed E-state index contributed by atoms with van der Waals surface area (Å²) in [6.07, 6.45) is 5.50. The van der Waals surface area contributed by atoms with E-state index in [1.165, 1.54) is 18.3 Å². The van der Waals surface area contributed by atoms with Crippen LogP contribution in [0.25, 0.3) is 16.3 Å². The third-order valence-electron chi connectivity index (χ3n) is 2.55. The van der Waals surface area contributed by atoms with Gasteiger partial charge in [-0.25, -0.2) is 15.0 Å². The van der Waals surface area contributed by atoms with Crippen molar-refractivity contribution in [2.45, 2.75) is 13.8 Å². The van der Waals surface area contributed by atoms with Gasteiger partial charge in [-0.1, -0.05) is 11.3 Å². The summed E-state index contributed by atoms with van der Waals surface area (Å²) in [5.74, 6) is 0.517. The fourth-order valence-corrected chi connectivity index (χ4v) is 2.74. The standard InChI is InChI=1S/C12H11N5OS/c1-7-10(19-12(14-7)15-8(2)18)9-6-17-5-3-4-13-11(17)16-9/h3-6H,1-2H3,(H,14,15,18). The van der Waals surface area contributed by atoms with Crippen molar-refractivity contribution in [3.05, 3.63) is 30.4 Å². The average Bonchev–Trinajstić information content (AvgIpc) is 2.91. The van der Waals surface area contributed by atoms with Gasteiger partial charge in [0.05, 0.1) is 10.6 Å². The Balaban J connectivity index is 2.05. The van der Waals surface area contributed by atoms with Gasteiger partial charge in [0.15, 0.2) is 5.13 Å². The van der Waals surface area contributed by atoms with Gasteiger partial charge in [-0.05, 0) is 13.0 Å². The third kappa shape index (κ3) is 2.19. The monoisotopic (exact) mass is 273 g/mol. The maximum atomic E-state index is 11.0. The van der Waals surface area contributed by atoms with Gasteiger partial charge >= 0.3 is 0 Å². The Hall–Kier alpha value is -2.28. The molecular formula is C12H11N5OS. The average molecular weight is 273 g/mol. The van der Waals surface area contributed by atoms with Crippen molar-refractivity contribution in [1.29, 1.82) is 0 Å². The summed E-state index contributed by atoms with van der Waals surface area (Å²) < 4.78 is 1.85. The van der Waals surface area contributed by atoms with Gasteiger partial charge < -0.3 is 5.32 Å². The molecule has 1 amide bonds. The maximum absolute atomic E-state index is 11.0. The molecule has 0 aliphatic carbocycles. The number of carbonyl (C=O) groups excluding carboxylic acids is 1. The number of amides is 1. The van der Waals surface area contributed by atoms with Crippen LogP contribution >= 0.6 is 11.3 Å². The fraction of sp³-hybridized carbons (Fsp3) is 0.167. The number of imidazole rings is 1. The molecule has 0 saturated heterocycles. The molecule has 19 heavy (non-hydrogen) atoms. The van der Waals surface area contributed by atoms with E-state index in [0.717, 1.165) is 16.3 Å². The molecule has 0 radical (unpaired) electrons. The molecule has 1 N–H and O–H groups in total. The van der Waals surface area contributed by atoms with E-state index in [-0.39, 0.29) is 5.91 Å². The Kier molecular flexibility index (Phi) is 2.75. The van der Waals surface area contributed by atoms with Gasteiger partial charge in [-0.15, -0.1) is 0 Å². The van der Waals surface area contributed by atoms with E-state index in [1.807, 2.05) is 29.8 Å². The highest BCUT2D eigenvalue weighted by atomic mass is 32.1. The smallest absolute Gasteiger partial charge is 0.234 e. The van der Waals surface area contributed by atoms with Crippen LogP contribution in [0.5, 0.6) is 0 Å². The van der Waals surface area contributed by atoms with Gasteiger partial charge in [-0.2, -0.15) is 0 Å². The first-order valence-electron chi connectivity index (χ1n) is 5.68. The lowest BCUT2D eigenvalue weighted by molar-refractivity contribution is -0.114. The Morgan fingerprint density at radius 1 is 1.42 bits per heavy atom. The van der Waals surface area contributed by atoms with Crippen LogP contribution in [0.3, 0.4) is 0 Å².